The van der Waals surface area contributed by atoms with Crippen molar-refractivity contribution in [1.82, 2.24) is 14.5 Å². The van der Waals surface area contributed by atoms with Crippen molar-refractivity contribution >= 4 is 33.5 Å². The molecule has 4 aromatic rings. The first-order chi connectivity index (χ1) is 12.2. The average Bonchev–Trinajstić information content (AvgIpc) is 2.97. The van der Waals surface area contributed by atoms with Crippen LogP contribution in [-0.2, 0) is 6.54 Å². The summed E-state index contributed by atoms with van der Waals surface area (Å²) in [7, 11) is 0. The molecule has 2 aromatic heterocycles. The van der Waals surface area contributed by atoms with Gasteiger partial charge < -0.3 is 9.67 Å². The zero-order chi connectivity index (χ0) is 17.4. The number of unbranched alkanes of at least 4 members (excludes halogenated alkanes) is 1. The van der Waals surface area contributed by atoms with E-state index in [0.29, 0.717) is 10.5 Å². The Hall–Kier alpha value is -2.59. The minimum Gasteiger partial charge on any atom is -0.506 e. The number of aryl methyl sites for hydroxylation is 1. The Morgan fingerprint density at radius 1 is 1.08 bits per heavy atom. The van der Waals surface area contributed by atoms with Gasteiger partial charge in [0.05, 0.1) is 11.0 Å². The number of aromatic nitrogens is 3. The smallest absolute Gasteiger partial charge is 0.159 e. The molecule has 0 atom stereocenters. The van der Waals surface area contributed by atoms with Crippen molar-refractivity contribution in [1.29, 1.82) is 0 Å². The number of hydrogen-bond donors (Lipinski definition) is 1. The second kappa shape index (κ2) is 6.37. The van der Waals surface area contributed by atoms with Gasteiger partial charge in [-0.25, -0.2) is 9.97 Å². The minimum atomic E-state index is 0.179. The Morgan fingerprint density at radius 3 is 2.80 bits per heavy atom. The van der Waals surface area contributed by atoms with Gasteiger partial charge in [-0.1, -0.05) is 43.1 Å². The fraction of sp³-hybridized carbons (Fsp3) is 0.200. The van der Waals surface area contributed by atoms with Crippen molar-refractivity contribution in [2.75, 3.05) is 0 Å². The fourth-order valence-electron chi connectivity index (χ4n) is 3.10. The number of para-hydroxylation sites is 1. The predicted molar refractivity (Wildman–Crippen MR) is 102 cm³/mol. The van der Waals surface area contributed by atoms with Crippen molar-refractivity contribution in [3.63, 3.8) is 0 Å². The van der Waals surface area contributed by atoms with E-state index in [2.05, 4.69) is 16.5 Å². The third kappa shape index (κ3) is 2.83. The summed E-state index contributed by atoms with van der Waals surface area (Å²) < 4.78 is 2.18. The molecule has 0 bridgehead atoms. The normalized spacial score (nSPS) is 11.4. The lowest BCUT2D eigenvalue weighted by atomic mass is 10.2. The summed E-state index contributed by atoms with van der Waals surface area (Å²) in [6, 6.07) is 15.1. The van der Waals surface area contributed by atoms with Crippen LogP contribution in [0.15, 0.2) is 48.5 Å². The summed E-state index contributed by atoms with van der Waals surface area (Å²) in [5, 5.41) is 11.7. The Labute approximate surface area is 150 Å². The van der Waals surface area contributed by atoms with Crippen molar-refractivity contribution in [2.45, 2.75) is 26.3 Å². The molecule has 0 saturated carbocycles. The van der Waals surface area contributed by atoms with Gasteiger partial charge in [-0.3, -0.25) is 0 Å². The van der Waals surface area contributed by atoms with Gasteiger partial charge in [0, 0.05) is 17.0 Å². The molecule has 0 fully saturated rings. The first-order valence-electron chi connectivity index (χ1n) is 8.42. The number of fused-ring (bicyclic) bond motifs is 2. The van der Waals surface area contributed by atoms with Crippen molar-refractivity contribution < 1.29 is 5.11 Å². The monoisotopic (exact) mass is 351 g/mol. The first-order valence-corrected chi connectivity index (χ1v) is 8.80. The van der Waals surface area contributed by atoms with Crippen molar-refractivity contribution in [3.8, 4) is 17.3 Å². The topological polar surface area (TPSA) is 50.9 Å². The number of phenolic OH excluding ortho intramolecular Hbond substituents is 1. The number of aromatic hydroxyl groups is 1. The number of hydrogen-bond acceptors (Lipinski definition) is 3. The molecule has 0 aliphatic heterocycles. The Morgan fingerprint density at radius 2 is 1.96 bits per heavy atom. The fourth-order valence-corrected chi connectivity index (χ4v) is 3.26. The highest BCUT2D eigenvalue weighted by Gasteiger charge is 2.15. The zero-order valence-electron chi connectivity index (χ0n) is 13.9. The van der Waals surface area contributed by atoms with Gasteiger partial charge in [-0.2, -0.15) is 0 Å². The Bertz CT molecular complexity index is 1070. The molecule has 0 spiro atoms. The van der Waals surface area contributed by atoms with E-state index in [4.69, 9.17) is 16.6 Å². The SMILES string of the molecule is CCCCn1c(-c2ccc3cccc(O)c3n2)nc2cc(Cl)ccc21. The van der Waals surface area contributed by atoms with E-state index in [-0.39, 0.29) is 5.75 Å². The van der Waals surface area contributed by atoms with Crippen LogP contribution >= 0.6 is 11.6 Å². The quantitative estimate of drug-likeness (QED) is 0.534. The maximum absolute atomic E-state index is 10.1. The molecule has 0 unspecified atom stereocenters. The van der Waals surface area contributed by atoms with Gasteiger partial charge in [0.15, 0.2) is 5.82 Å². The standard InChI is InChI=1S/C20H18ClN3O/c1-2-3-11-24-17-10-8-14(21)12-16(17)23-20(24)15-9-7-13-5-4-6-18(25)19(13)22-15/h4-10,12,25H,2-3,11H2,1H3. The van der Waals surface area contributed by atoms with Crippen LogP contribution in [0, 0.1) is 0 Å². The van der Waals surface area contributed by atoms with Crippen LogP contribution in [0.4, 0.5) is 0 Å². The molecule has 25 heavy (non-hydrogen) atoms. The number of phenols is 1. The third-order valence-corrected chi connectivity index (χ3v) is 4.61. The molecule has 5 heteroatoms. The lowest BCUT2D eigenvalue weighted by Gasteiger charge is -2.09. The van der Waals surface area contributed by atoms with Gasteiger partial charge >= 0.3 is 0 Å². The van der Waals surface area contributed by atoms with Gasteiger partial charge in [0.1, 0.15) is 17.0 Å². The lowest BCUT2D eigenvalue weighted by molar-refractivity contribution is 0.480. The highest BCUT2D eigenvalue weighted by molar-refractivity contribution is 6.31. The minimum absolute atomic E-state index is 0.179. The van der Waals surface area contributed by atoms with Crippen LogP contribution in [0.3, 0.4) is 0 Å². The summed E-state index contributed by atoms with van der Waals surface area (Å²) in [4.78, 5) is 9.43. The second-order valence-electron chi connectivity index (χ2n) is 6.12. The Kier molecular flexibility index (Phi) is 4.06. The van der Waals surface area contributed by atoms with Crippen LogP contribution in [-0.4, -0.2) is 19.6 Å². The van der Waals surface area contributed by atoms with Gasteiger partial charge in [-0.05, 0) is 36.8 Å². The van der Waals surface area contributed by atoms with E-state index < -0.39 is 0 Å². The molecule has 126 valence electrons. The highest BCUT2D eigenvalue weighted by Crippen LogP contribution is 2.29. The third-order valence-electron chi connectivity index (χ3n) is 4.37. The summed E-state index contributed by atoms with van der Waals surface area (Å²) in [5.74, 6) is 0.981. The number of imidazole rings is 1. The van der Waals surface area contributed by atoms with E-state index >= 15 is 0 Å². The number of halogens is 1. The summed E-state index contributed by atoms with van der Waals surface area (Å²) >= 11 is 6.13. The molecule has 4 rings (SSSR count). The predicted octanol–water partition coefficient (Wildman–Crippen LogP) is 5.41. The second-order valence-corrected chi connectivity index (χ2v) is 6.56. The van der Waals surface area contributed by atoms with E-state index in [1.54, 1.807) is 6.07 Å². The summed E-state index contributed by atoms with van der Waals surface area (Å²) in [6.07, 6.45) is 2.15. The molecule has 0 saturated heterocycles. The van der Waals surface area contributed by atoms with E-state index in [0.717, 1.165) is 47.3 Å². The van der Waals surface area contributed by atoms with Crippen LogP contribution in [0.5, 0.6) is 5.75 Å². The number of pyridine rings is 1. The molecular formula is C20H18ClN3O. The van der Waals surface area contributed by atoms with E-state index in [1.807, 2.05) is 42.5 Å². The summed E-state index contributed by atoms with van der Waals surface area (Å²) in [5.41, 5.74) is 3.24. The van der Waals surface area contributed by atoms with Crippen LogP contribution in [0.25, 0.3) is 33.5 Å². The molecule has 0 amide bonds. The maximum Gasteiger partial charge on any atom is 0.159 e. The van der Waals surface area contributed by atoms with Crippen LogP contribution in [0.2, 0.25) is 5.02 Å². The number of benzene rings is 2. The molecule has 2 heterocycles. The average molecular weight is 352 g/mol. The van der Waals surface area contributed by atoms with Gasteiger partial charge in [-0.15, -0.1) is 0 Å². The van der Waals surface area contributed by atoms with Gasteiger partial charge in [0.25, 0.3) is 0 Å². The van der Waals surface area contributed by atoms with E-state index in [9.17, 15) is 5.11 Å². The maximum atomic E-state index is 10.1. The molecule has 0 aliphatic rings. The van der Waals surface area contributed by atoms with Crippen molar-refractivity contribution in [2.24, 2.45) is 0 Å². The van der Waals surface area contributed by atoms with Gasteiger partial charge in [0.2, 0.25) is 0 Å². The molecule has 0 radical (unpaired) electrons. The molecular weight excluding hydrogens is 334 g/mol. The number of nitrogens with zero attached hydrogens (tertiary/aromatic N) is 3. The first kappa shape index (κ1) is 15.9. The van der Waals surface area contributed by atoms with Crippen LogP contribution in [0.1, 0.15) is 19.8 Å². The summed E-state index contributed by atoms with van der Waals surface area (Å²) in [6.45, 7) is 3.03. The molecule has 0 aliphatic carbocycles. The van der Waals surface area contributed by atoms with Crippen LogP contribution < -0.4 is 0 Å². The van der Waals surface area contributed by atoms with E-state index in [1.165, 1.54) is 0 Å². The molecule has 4 nitrogen and oxygen atoms in total. The highest BCUT2D eigenvalue weighted by atomic mass is 35.5. The van der Waals surface area contributed by atoms with Crippen molar-refractivity contribution in [3.05, 3.63) is 53.6 Å². The Balaban J connectivity index is 1.94. The zero-order valence-corrected chi connectivity index (χ0v) is 14.7. The lowest BCUT2D eigenvalue weighted by Crippen LogP contribution is -2.01. The largest absolute Gasteiger partial charge is 0.506 e. The molecule has 2 aromatic carbocycles. The molecule has 1 N–H and O–H groups in total. The number of rotatable bonds is 4.